The summed E-state index contributed by atoms with van der Waals surface area (Å²) in [5.74, 6) is -2.94. The largest absolute Gasteiger partial charge is 0.480 e. The number of hydrogen-bond donors (Lipinski definition) is 4. The fourth-order valence-electron chi connectivity index (χ4n) is 3.08. The number of carbonyl (C=O) groups is 5. The number of hydrogen-bond acceptors (Lipinski definition) is 6. The summed E-state index contributed by atoms with van der Waals surface area (Å²) in [4.78, 5) is 61.3. The van der Waals surface area contributed by atoms with Crippen LogP contribution < -0.4 is 16.0 Å². The SMILES string of the molecule is CCC(C)C(NC(=O)[C@@H]1CCCN1C(=O)CNC(=O)CNC(=O)OC(C)(C)C)C(=O)O. The summed E-state index contributed by atoms with van der Waals surface area (Å²) in [6.45, 7) is 8.27. The zero-order valence-electron chi connectivity index (χ0n) is 18.8. The lowest BCUT2D eigenvalue weighted by molar-refractivity contribution is -0.145. The molecule has 0 aliphatic carbocycles. The van der Waals surface area contributed by atoms with Crippen molar-refractivity contribution in [2.75, 3.05) is 19.6 Å². The van der Waals surface area contributed by atoms with Gasteiger partial charge in [-0.25, -0.2) is 9.59 Å². The van der Waals surface area contributed by atoms with E-state index < -0.39 is 47.5 Å². The quantitative estimate of drug-likeness (QED) is 0.399. The second kappa shape index (κ2) is 11.5. The summed E-state index contributed by atoms with van der Waals surface area (Å²) < 4.78 is 5.02. The van der Waals surface area contributed by atoms with Crippen LogP contribution in [0.2, 0.25) is 0 Å². The van der Waals surface area contributed by atoms with E-state index in [4.69, 9.17) is 4.74 Å². The lowest BCUT2D eigenvalue weighted by Gasteiger charge is -2.27. The van der Waals surface area contributed by atoms with Gasteiger partial charge in [-0.15, -0.1) is 0 Å². The van der Waals surface area contributed by atoms with Gasteiger partial charge in [0.25, 0.3) is 0 Å². The molecule has 1 saturated heterocycles. The van der Waals surface area contributed by atoms with Gasteiger partial charge in [-0.05, 0) is 39.5 Å². The Labute approximate surface area is 182 Å². The van der Waals surface area contributed by atoms with Crippen LogP contribution in [-0.4, -0.2) is 77.1 Å². The number of amides is 4. The van der Waals surface area contributed by atoms with E-state index in [2.05, 4.69) is 16.0 Å². The normalized spacial score (nSPS) is 18.0. The fourth-order valence-corrected chi connectivity index (χ4v) is 3.08. The van der Waals surface area contributed by atoms with Crippen LogP contribution in [0.1, 0.15) is 53.9 Å². The van der Waals surface area contributed by atoms with Crippen molar-refractivity contribution in [3.05, 3.63) is 0 Å². The van der Waals surface area contributed by atoms with Crippen LogP contribution in [0.4, 0.5) is 4.79 Å². The van der Waals surface area contributed by atoms with Crippen LogP contribution in [0.15, 0.2) is 0 Å². The zero-order chi connectivity index (χ0) is 23.8. The van der Waals surface area contributed by atoms with Crippen LogP contribution in [0.25, 0.3) is 0 Å². The third-order valence-corrected chi connectivity index (χ3v) is 4.88. The first-order valence-corrected chi connectivity index (χ1v) is 10.4. The maximum absolute atomic E-state index is 12.6. The van der Waals surface area contributed by atoms with Gasteiger partial charge in [0.05, 0.1) is 6.54 Å². The van der Waals surface area contributed by atoms with E-state index in [-0.39, 0.29) is 19.0 Å². The molecule has 0 radical (unpaired) electrons. The number of ether oxygens (including phenoxy) is 1. The number of nitrogens with one attached hydrogen (secondary N) is 3. The first-order chi connectivity index (χ1) is 14.4. The number of likely N-dealkylation sites (tertiary alicyclic amines) is 1. The van der Waals surface area contributed by atoms with E-state index in [1.807, 2.05) is 6.92 Å². The molecule has 0 aromatic carbocycles. The van der Waals surface area contributed by atoms with Crippen LogP contribution in [0.5, 0.6) is 0 Å². The molecule has 4 amide bonds. The van der Waals surface area contributed by atoms with Crippen molar-refractivity contribution in [3.63, 3.8) is 0 Å². The van der Waals surface area contributed by atoms with E-state index in [1.54, 1.807) is 27.7 Å². The molecule has 11 heteroatoms. The molecular formula is C20H34N4O7. The molecule has 176 valence electrons. The van der Waals surface area contributed by atoms with Gasteiger partial charge < -0.3 is 30.7 Å². The predicted octanol–water partition coefficient (Wildman–Crippen LogP) is 0.234. The Morgan fingerprint density at radius 2 is 1.77 bits per heavy atom. The molecule has 1 fully saturated rings. The average Bonchev–Trinajstić information content (AvgIpc) is 3.16. The molecule has 0 aromatic heterocycles. The number of carboxylic acid groups (broad SMARTS) is 1. The molecule has 1 aliphatic heterocycles. The van der Waals surface area contributed by atoms with Crippen LogP contribution in [-0.2, 0) is 23.9 Å². The highest BCUT2D eigenvalue weighted by Gasteiger charge is 2.36. The molecular weight excluding hydrogens is 408 g/mol. The number of rotatable bonds is 9. The lowest BCUT2D eigenvalue weighted by Crippen LogP contribution is -2.54. The van der Waals surface area contributed by atoms with Gasteiger partial charge >= 0.3 is 12.1 Å². The van der Waals surface area contributed by atoms with Gasteiger partial charge in [0.1, 0.15) is 24.2 Å². The summed E-state index contributed by atoms with van der Waals surface area (Å²) >= 11 is 0. The Morgan fingerprint density at radius 1 is 1.13 bits per heavy atom. The molecule has 1 heterocycles. The predicted molar refractivity (Wildman–Crippen MR) is 111 cm³/mol. The highest BCUT2D eigenvalue weighted by Crippen LogP contribution is 2.18. The van der Waals surface area contributed by atoms with E-state index in [0.717, 1.165) is 0 Å². The monoisotopic (exact) mass is 442 g/mol. The molecule has 2 unspecified atom stereocenters. The number of aliphatic carboxylic acids is 1. The highest BCUT2D eigenvalue weighted by molar-refractivity contribution is 5.93. The molecule has 0 bridgehead atoms. The Balaban J connectivity index is 2.55. The number of nitrogens with zero attached hydrogens (tertiary/aromatic N) is 1. The van der Waals surface area contributed by atoms with Crippen molar-refractivity contribution in [1.29, 1.82) is 0 Å². The van der Waals surface area contributed by atoms with Crippen molar-refractivity contribution < 1.29 is 33.8 Å². The highest BCUT2D eigenvalue weighted by atomic mass is 16.6. The maximum Gasteiger partial charge on any atom is 0.408 e. The summed E-state index contributed by atoms with van der Waals surface area (Å²) in [7, 11) is 0. The van der Waals surface area contributed by atoms with Crippen LogP contribution in [0, 0.1) is 5.92 Å². The topological polar surface area (TPSA) is 154 Å². The minimum Gasteiger partial charge on any atom is -0.480 e. The Kier molecular flexibility index (Phi) is 9.73. The van der Waals surface area contributed by atoms with Gasteiger partial charge in [-0.1, -0.05) is 20.3 Å². The van der Waals surface area contributed by atoms with E-state index in [9.17, 15) is 29.1 Å². The van der Waals surface area contributed by atoms with Crippen molar-refractivity contribution in [1.82, 2.24) is 20.9 Å². The second-order valence-electron chi connectivity index (χ2n) is 8.59. The van der Waals surface area contributed by atoms with Gasteiger partial charge in [-0.3, -0.25) is 14.4 Å². The number of alkyl carbamates (subject to hydrolysis) is 1. The zero-order valence-corrected chi connectivity index (χ0v) is 18.8. The summed E-state index contributed by atoms with van der Waals surface area (Å²) in [5.41, 5.74) is -0.698. The lowest BCUT2D eigenvalue weighted by atomic mass is 9.99. The van der Waals surface area contributed by atoms with Crippen molar-refractivity contribution in [3.8, 4) is 0 Å². The molecule has 0 spiro atoms. The van der Waals surface area contributed by atoms with E-state index in [1.165, 1.54) is 4.90 Å². The molecule has 31 heavy (non-hydrogen) atoms. The standard InChI is InChI=1S/C20H34N4O7/c1-6-12(2)16(18(28)29)23-17(27)13-8-7-9-24(13)15(26)11-21-14(25)10-22-19(30)31-20(3,4)5/h12-13,16H,6-11H2,1-5H3,(H,21,25)(H,22,30)(H,23,27)(H,28,29)/t12?,13-,16?/m0/s1. The second-order valence-corrected chi connectivity index (χ2v) is 8.59. The molecule has 0 saturated carbocycles. The van der Waals surface area contributed by atoms with Crippen molar-refractivity contribution in [2.45, 2.75) is 71.6 Å². The van der Waals surface area contributed by atoms with E-state index in [0.29, 0.717) is 25.8 Å². The first kappa shape index (κ1) is 26.2. The maximum atomic E-state index is 12.6. The molecule has 1 rings (SSSR count). The smallest absolute Gasteiger partial charge is 0.408 e. The molecule has 1 aliphatic rings. The average molecular weight is 443 g/mol. The Hall–Kier alpha value is -2.85. The molecule has 0 aromatic rings. The van der Waals surface area contributed by atoms with Gasteiger partial charge in [0.2, 0.25) is 17.7 Å². The number of carboxylic acids is 1. The van der Waals surface area contributed by atoms with E-state index >= 15 is 0 Å². The van der Waals surface area contributed by atoms with Gasteiger partial charge in [-0.2, -0.15) is 0 Å². The first-order valence-electron chi connectivity index (χ1n) is 10.4. The minimum absolute atomic E-state index is 0.260. The molecule has 4 N–H and O–H groups in total. The third-order valence-electron chi connectivity index (χ3n) is 4.88. The summed E-state index contributed by atoms with van der Waals surface area (Å²) in [6, 6.07) is -1.82. The third kappa shape index (κ3) is 8.81. The van der Waals surface area contributed by atoms with Crippen LogP contribution >= 0.6 is 0 Å². The summed E-state index contributed by atoms with van der Waals surface area (Å²) in [6.07, 6.45) is 0.838. The van der Waals surface area contributed by atoms with Crippen molar-refractivity contribution >= 4 is 29.8 Å². The Bertz CT molecular complexity index is 690. The van der Waals surface area contributed by atoms with Crippen LogP contribution in [0.3, 0.4) is 0 Å². The molecule has 11 nitrogen and oxygen atoms in total. The number of carbonyl (C=O) groups excluding carboxylic acids is 4. The summed E-state index contributed by atoms with van der Waals surface area (Å²) in [5, 5.41) is 16.6. The minimum atomic E-state index is -1.12. The molecule has 3 atom stereocenters. The van der Waals surface area contributed by atoms with Gasteiger partial charge in [0, 0.05) is 6.54 Å². The fraction of sp³-hybridized carbons (Fsp3) is 0.750. The van der Waals surface area contributed by atoms with Gasteiger partial charge in [0.15, 0.2) is 0 Å². The Morgan fingerprint density at radius 3 is 2.32 bits per heavy atom. The van der Waals surface area contributed by atoms with Crippen molar-refractivity contribution in [2.24, 2.45) is 5.92 Å².